The minimum Gasteiger partial charge on any atom is -0.353 e. The lowest BCUT2D eigenvalue weighted by Gasteiger charge is -2.45. The summed E-state index contributed by atoms with van der Waals surface area (Å²) in [6.07, 6.45) is 8.00. The van der Waals surface area contributed by atoms with Crippen molar-refractivity contribution in [1.82, 2.24) is 9.62 Å². The smallest absolute Gasteiger partial charge is 0.220 e. The van der Waals surface area contributed by atoms with Crippen LogP contribution in [-0.2, 0) is 33.1 Å². The van der Waals surface area contributed by atoms with Gasteiger partial charge >= 0.3 is 0 Å². The van der Waals surface area contributed by atoms with E-state index in [2.05, 4.69) is 55.6 Å². The predicted molar refractivity (Wildman–Crippen MR) is 151 cm³/mol. The van der Waals surface area contributed by atoms with E-state index in [-0.39, 0.29) is 28.5 Å². The normalized spacial score (nSPS) is 29.4. The first-order valence-corrected chi connectivity index (χ1v) is 16.2. The molecule has 204 valence electrons. The van der Waals surface area contributed by atoms with Crippen molar-refractivity contribution in [3.05, 3.63) is 71.3 Å². The van der Waals surface area contributed by atoms with Crippen LogP contribution in [0.25, 0.3) is 0 Å². The molecule has 3 atom stereocenters. The van der Waals surface area contributed by atoms with Crippen LogP contribution in [0.3, 0.4) is 0 Å². The fourth-order valence-corrected chi connectivity index (χ4v) is 11.0. The van der Waals surface area contributed by atoms with Gasteiger partial charge in [0.15, 0.2) is 0 Å². The molecule has 3 fully saturated rings. The minimum atomic E-state index is -3.45. The van der Waals surface area contributed by atoms with Gasteiger partial charge in [0.25, 0.3) is 0 Å². The van der Waals surface area contributed by atoms with E-state index in [1.54, 1.807) is 4.31 Å². The van der Waals surface area contributed by atoms with E-state index in [1.165, 1.54) is 11.1 Å². The predicted octanol–water partition coefficient (Wildman–Crippen LogP) is 5.24. The number of aryl methyl sites for hydroxylation is 2. The van der Waals surface area contributed by atoms with Gasteiger partial charge in [-0.05, 0) is 84.8 Å². The molecule has 0 unspecified atom stereocenters. The molecule has 6 heteroatoms. The van der Waals surface area contributed by atoms with E-state index in [0.717, 1.165) is 50.5 Å². The van der Waals surface area contributed by atoms with E-state index in [4.69, 9.17) is 0 Å². The van der Waals surface area contributed by atoms with Crippen molar-refractivity contribution < 1.29 is 13.2 Å². The van der Waals surface area contributed by atoms with Crippen LogP contribution in [0, 0.1) is 16.7 Å². The monoisotopic (exact) mass is 534 g/mol. The van der Waals surface area contributed by atoms with Gasteiger partial charge < -0.3 is 5.32 Å². The van der Waals surface area contributed by atoms with Crippen molar-refractivity contribution in [2.75, 3.05) is 18.8 Å². The molecule has 38 heavy (non-hydrogen) atoms. The van der Waals surface area contributed by atoms with Crippen LogP contribution >= 0.6 is 0 Å². The third-order valence-electron chi connectivity index (χ3n) is 11.2. The average molecular weight is 535 g/mol. The van der Waals surface area contributed by atoms with Gasteiger partial charge in [-0.1, -0.05) is 68.4 Å². The van der Waals surface area contributed by atoms with E-state index < -0.39 is 15.4 Å². The second kappa shape index (κ2) is 9.48. The van der Waals surface area contributed by atoms with Gasteiger partial charge in [-0.25, -0.2) is 12.7 Å². The van der Waals surface area contributed by atoms with Crippen LogP contribution in [0.15, 0.2) is 54.6 Å². The summed E-state index contributed by atoms with van der Waals surface area (Å²) in [6.45, 7) is 5.70. The minimum absolute atomic E-state index is 0.0405. The molecular formula is C32H42N2O3S. The lowest BCUT2D eigenvalue weighted by Crippen LogP contribution is -2.55. The number of carbonyl (C=O) groups excluding carboxylic acids is 1. The zero-order chi connectivity index (χ0) is 26.6. The average Bonchev–Trinajstić information content (AvgIpc) is 3.45. The highest BCUT2D eigenvalue weighted by atomic mass is 32.2. The van der Waals surface area contributed by atoms with E-state index in [1.807, 2.05) is 18.2 Å². The summed E-state index contributed by atoms with van der Waals surface area (Å²) in [7, 11) is -3.45. The molecule has 1 amide bonds. The summed E-state index contributed by atoms with van der Waals surface area (Å²) in [4.78, 5) is 13.0. The highest BCUT2D eigenvalue weighted by Gasteiger charge is 2.66. The number of nitrogens with zero attached hydrogens (tertiary/aromatic N) is 1. The maximum absolute atomic E-state index is 14.0. The van der Waals surface area contributed by atoms with Crippen LogP contribution in [0.4, 0.5) is 0 Å². The molecule has 1 spiro atoms. The maximum atomic E-state index is 14.0. The molecule has 0 radical (unpaired) electrons. The number of hydrogen-bond acceptors (Lipinski definition) is 3. The molecule has 1 heterocycles. The molecular weight excluding hydrogens is 492 g/mol. The standard InChI is InChI=1S/C32H42N2O3S/c1-30(2)26-15-17-32(30,28(22-26)33-29(35)13-12-24-8-4-3-5-9-24)23-38(36,37)34-20-18-31(19-21-34)16-14-25-10-6-7-11-27(25)31/h3-11,26,28H,12-23H2,1-2H3,(H,33,35)/t26-,28+,32-/m1/s1. The first kappa shape index (κ1) is 26.1. The molecule has 2 saturated carbocycles. The Morgan fingerprint density at radius 3 is 2.42 bits per heavy atom. The Hall–Kier alpha value is -2.18. The quantitative estimate of drug-likeness (QED) is 0.528. The van der Waals surface area contributed by atoms with Crippen LogP contribution in [0.2, 0.25) is 0 Å². The Kier molecular flexibility index (Phi) is 6.50. The third-order valence-corrected chi connectivity index (χ3v) is 13.3. The van der Waals surface area contributed by atoms with E-state index >= 15 is 0 Å². The molecule has 6 rings (SSSR count). The van der Waals surface area contributed by atoms with E-state index in [9.17, 15) is 13.2 Å². The Labute approximate surface area is 228 Å². The Bertz CT molecular complexity index is 1300. The molecule has 1 N–H and O–H groups in total. The van der Waals surface area contributed by atoms with Crippen LogP contribution < -0.4 is 5.32 Å². The van der Waals surface area contributed by atoms with Crippen molar-refractivity contribution >= 4 is 15.9 Å². The summed E-state index contributed by atoms with van der Waals surface area (Å²) in [5, 5.41) is 3.33. The van der Waals surface area contributed by atoms with Crippen molar-refractivity contribution in [1.29, 1.82) is 0 Å². The number of nitrogens with one attached hydrogen (secondary N) is 1. The fraction of sp³-hybridized carbons (Fsp3) is 0.594. The van der Waals surface area contributed by atoms with Gasteiger partial charge in [-0.15, -0.1) is 0 Å². The number of benzene rings is 2. The van der Waals surface area contributed by atoms with Gasteiger partial charge in [0.05, 0.1) is 5.75 Å². The van der Waals surface area contributed by atoms with Gasteiger partial charge in [0.1, 0.15) is 0 Å². The van der Waals surface area contributed by atoms with Crippen LogP contribution in [0.5, 0.6) is 0 Å². The summed E-state index contributed by atoms with van der Waals surface area (Å²) in [5.41, 5.74) is 3.66. The summed E-state index contributed by atoms with van der Waals surface area (Å²) in [6, 6.07) is 18.7. The lowest BCUT2D eigenvalue weighted by atomic mass is 9.69. The molecule has 5 nitrogen and oxygen atoms in total. The zero-order valence-electron chi connectivity index (χ0n) is 22.9. The second-order valence-electron chi connectivity index (χ2n) is 13.0. The highest BCUT2D eigenvalue weighted by molar-refractivity contribution is 7.89. The van der Waals surface area contributed by atoms with Gasteiger partial charge in [0.2, 0.25) is 15.9 Å². The topological polar surface area (TPSA) is 66.5 Å². The largest absolute Gasteiger partial charge is 0.353 e. The number of rotatable bonds is 7. The first-order valence-electron chi connectivity index (χ1n) is 14.5. The second-order valence-corrected chi connectivity index (χ2v) is 15.0. The van der Waals surface area contributed by atoms with Crippen LogP contribution in [-0.4, -0.2) is 43.5 Å². The van der Waals surface area contributed by atoms with E-state index in [0.29, 0.717) is 31.8 Å². The fourth-order valence-electron chi connectivity index (χ4n) is 8.68. The summed E-state index contributed by atoms with van der Waals surface area (Å²) >= 11 is 0. The van der Waals surface area contributed by atoms with Gasteiger partial charge in [-0.2, -0.15) is 0 Å². The SMILES string of the molecule is CC1(C)[C@@H]2CC[C@@]1(CS(=O)(=O)N1CCC3(CCc4ccccc43)CC1)[C@@H](NC(=O)CCc1ccccc1)C2. The molecule has 0 aromatic heterocycles. The number of carbonyl (C=O) groups is 1. The van der Waals surface area contributed by atoms with Crippen molar-refractivity contribution in [3.8, 4) is 0 Å². The van der Waals surface area contributed by atoms with Crippen molar-refractivity contribution in [3.63, 3.8) is 0 Å². The Morgan fingerprint density at radius 1 is 0.974 bits per heavy atom. The molecule has 1 aliphatic heterocycles. The lowest BCUT2D eigenvalue weighted by molar-refractivity contribution is -0.122. The molecule has 2 aromatic rings. The molecule has 3 aliphatic carbocycles. The maximum Gasteiger partial charge on any atom is 0.220 e. The number of amides is 1. The van der Waals surface area contributed by atoms with Crippen LogP contribution in [0.1, 0.15) is 75.5 Å². The third kappa shape index (κ3) is 4.23. The zero-order valence-corrected chi connectivity index (χ0v) is 23.7. The van der Waals surface area contributed by atoms with Gasteiger partial charge in [-0.3, -0.25) is 4.79 Å². The number of sulfonamides is 1. The molecule has 1 saturated heterocycles. The Balaban J connectivity index is 1.15. The summed E-state index contributed by atoms with van der Waals surface area (Å²) < 4.78 is 29.8. The summed E-state index contributed by atoms with van der Waals surface area (Å²) in [5.74, 6) is 0.645. The first-order chi connectivity index (χ1) is 18.2. The Morgan fingerprint density at radius 2 is 1.68 bits per heavy atom. The highest BCUT2D eigenvalue weighted by Crippen LogP contribution is 2.66. The number of hydrogen-bond donors (Lipinski definition) is 1. The van der Waals surface area contributed by atoms with Crippen molar-refractivity contribution in [2.45, 2.75) is 83.1 Å². The van der Waals surface area contributed by atoms with Crippen molar-refractivity contribution in [2.24, 2.45) is 16.7 Å². The number of fused-ring (bicyclic) bond motifs is 4. The molecule has 2 bridgehead atoms. The molecule has 4 aliphatic rings. The molecule has 2 aromatic carbocycles. The number of piperidine rings is 1. The van der Waals surface area contributed by atoms with Gasteiger partial charge in [0, 0.05) is 31.0 Å².